The van der Waals surface area contributed by atoms with Crippen molar-refractivity contribution in [2.45, 2.75) is 24.0 Å². The van der Waals surface area contributed by atoms with Crippen molar-refractivity contribution in [1.82, 2.24) is 9.71 Å². The van der Waals surface area contributed by atoms with E-state index in [2.05, 4.69) is 4.98 Å². The molecule has 1 heterocycles. The van der Waals surface area contributed by atoms with Gasteiger partial charge >= 0.3 is 5.97 Å². The maximum Gasteiger partial charge on any atom is 0.324 e. The molecule has 2 rings (SSSR count). The fraction of sp³-hybridized carbons (Fsp3) is 0.231. The second-order valence-corrected chi connectivity index (χ2v) is 6.21. The summed E-state index contributed by atoms with van der Waals surface area (Å²) in [7, 11) is -4.09. The number of aromatic nitrogens is 1. The lowest BCUT2D eigenvalue weighted by molar-refractivity contribution is -0.141. The number of carboxylic acids is 1. The lowest BCUT2D eigenvalue weighted by Gasteiger charge is -2.17. The zero-order valence-electron chi connectivity index (χ0n) is 11.1. The number of hydrogen-bond acceptors (Lipinski definition) is 5. The van der Waals surface area contributed by atoms with Gasteiger partial charge in [0.15, 0.2) is 0 Å². The van der Waals surface area contributed by atoms with Crippen molar-refractivity contribution in [2.24, 2.45) is 0 Å². The second-order valence-electron chi connectivity index (χ2n) is 4.53. The van der Waals surface area contributed by atoms with Crippen LogP contribution in [0.25, 0.3) is 10.8 Å². The molecule has 21 heavy (non-hydrogen) atoms. The topological polar surface area (TPSA) is 117 Å². The van der Waals surface area contributed by atoms with E-state index in [4.69, 9.17) is 5.11 Å². The molecule has 0 saturated carbocycles. The molecular weight excluding hydrogens is 296 g/mol. The number of carboxylic acid groups (broad SMARTS) is 1. The normalized spacial score (nSPS) is 14.8. The number of carbonyl (C=O) groups is 1. The van der Waals surface area contributed by atoms with Gasteiger partial charge in [-0.3, -0.25) is 9.78 Å². The van der Waals surface area contributed by atoms with Crippen LogP contribution >= 0.6 is 0 Å². The number of aliphatic hydroxyl groups is 1. The minimum Gasteiger partial charge on any atom is -0.480 e. The van der Waals surface area contributed by atoms with Gasteiger partial charge in [0, 0.05) is 23.2 Å². The Kier molecular flexibility index (Phi) is 4.21. The fourth-order valence-electron chi connectivity index (χ4n) is 1.91. The zero-order chi connectivity index (χ0) is 15.6. The number of aliphatic carboxylic acids is 1. The first-order chi connectivity index (χ1) is 9.83. The summed E-state index contributed by atoms with van der Waals surface area (Å²) >= 11 is 0. The van der Waals surface area contributed by atoms with E-state index in [1.165, 1.54) is 37.5 Å². The van der Waals surface area contributed by atoms with E-state index in [1.54, 1.807) is 6.07 Å². The first kappa shape index (κ1) is 15.4. The average molecular weight is 310 g/mol. The van der Waals surface area contributed by atoms with Crippen LogP contribution in [0.15, 0.2) is 41.6 Å². The molecule has 2 unspecified atom stereocenters. The van der Waals surface area contributed by atoms with Crippen molar-refractivity contribution in [1.29, 1.82) is 0 Å². The van der Waals surface area contributed by atoms with Gasteiger partial charge in [-0.2, -0.15) is 4.72 Å². The Bertz CT molecular complexity index is 768. The molecule has 8 heteroatoms. The van der Waals surface area contributed by atoms with Crippen LogP contribution in [0.3, 0.4) is 0 Å². The molecule has 7 nitrogen and oxygen atoms in total. The lowest BCUT2D eigenvalue weighted by atomic mass is 10.2. The van der Waals surface area contributed by atoms with E-state index in [0.29, 0.717) is 10.8 Å². The van der Waals surface area contributed by atoms with Gasteiger partial charge in [0.25, 0.3) is 0 Å². The summed E-state index contributed by atoms with van der Waals surface area (Å²) in [5, 5.41) is 19.4. The number of nitrogens with one attached hydrogen (secondary N) is 1. The van der Waals surface area contributed by atoms with Gasteiger partial charge in [-0.05, 0) is 19.1 Å². The van der Waals surface area contributed by atoms with Crippen LogP contribution < -0.4 is 4.72 Å². The Balaban J connectivity index is 2.50. The van der Waals surface area contributed by atoms with Crippen LogP contribution in [0.1, 0.15) is 6.92 Å². The van der Waals surface area contributed by atoms with Crippen molar-refractivity contribution in [3.8, 4) is 0 Å². The Morgan fingerprint density at radius 2 is 2.05 bits per heavy atom. The van der Waals surface area contributed by atoms with Gasteiger partial charge in [0.2, 0.25) is 10.0 Å². The third-order valence-corrected chi connectivity index (χ3v) is 4.46. The molecule has 0 fully saturated rings. The molecule has 0 saturated heterocycles. The summed E-state index contributed by atoms with van der Waals surface area (Å²) in [5.74, 6) is -1.45. The van der Waals surface area contributed by atoms with Crippen LogP contribution in [0.2, 0.25) is 0 Å². The first-order valence-electron chi connectivity index (χ1n) is 6.09. The standard InChI is InChI=1S/C13H14N2O5S/c1-8(16)12(13(17)18)15-21(19,20)11-4-2-3-9-7-14-6-5-10(9)11/h2-8,12,15-16H,1H3,(H,17,18). The molecule has 2 aromatic rings. The van der Waals surface area contributed by atoms with E-state index >= 15 is 0 Å². The smallest absolute Gasteiger partial charge is 0.324 e. The van der Waals surface area contributed by atoms with Crippen LogP contribution in [-0.4, -0.2) is 41.7 Å². The van der Waals surface area contributed by atoms with Gasteiger partial charge in [0.1, 0.15) is 6.04 Å². The van der Waals surface area contributed by atoms with Crippen LogP contribution in [0.4, 0.5) is 0 Å². The predicted molar refractivity (Wildman–Crippen MR) is 75.2 cm³/mol. The zero-order valence-corrected chi connectivity index (χ0v) is 11.9. The SMILES string of the molecule is CC(O)C(NS(=O)(=O)c1cccc2cnccc12)C(=O)O. The largest absolute Gasteiger partial charge is 0.480 e. The van der Waals surface area contributed by atoms with Gasteiger partial charge in [-0.1, -0.05) is 12.1 Å². The molecule has 3 N–H and O–H groups in total. The molecule has 112 valence electrons. The molecule has 2 atom stereocenters. The highest BCUT2D eigenvalue weighted by Crippen LogP contribution is 2.22. The number of pyridine rings is 1. The molecule has 0 bridgehead atoms. The summed E-state index contributed by atoms with van der Waals surface area (Å²) in [5.41, 5.74) is 0. The first-order valence-corrected chi connectivity index (χ1v) is 7.57. The Hall–Kier alpha value is -2.03. The van der Waals surface area contributed by atoms with Crippen LogP contribution in [0, 0.1) is 0 Å². The van der Waals surface area contributed by atoms with E-state index in [9.17, 15) is 18.3 Å². The number of hydrogen-bond donors (Lipinski definition) is 3. The number of aliphatic hydroxyl groups excluding tert-OH is 1. The Morgan fingerprint density at radius 1 is 1.33 bits per heavy atom. The molecular formula is C13H14N2O5S. The minimum atomic E-state index is -4.09. The van der Waals surface area contributed by atoms with Crippen LogP contribution in [-0.2, 0) is 14.8 Å². The number of rotatable bonds is 5. The second kappa shape index (κ2) is 5.76. The van der Waals surface area contributed by atoms with Crippen molar-refractivity contribution < 1.29 is 23.4 Å². The molecule has 0 aliphatic carbocycles. The summed E-state index contributed by atoms with van der Waals surface area (Å²) in [4.78, 5) is 14.9. The van der Waals surface area contributed by atoms with E-state index in [1.807, 2.05) is 4.72 Å². The van der Waals surface area contributed by atoms with E-state index in [-0.39, 0.29) is 4.90 Å². The van der Waals surface area contributed by atoms with Crippen molar-refractivity contribution in [2.75, 3.05) is 0 Å². The maximum atomic E-state index is 12.4. The van der Waals surface area contributed by atoms with E-state index < -0.39 is 28.1 Å². The highest BCUT2D eigenvalue weighted by molar-refractivity contribution is 7.89. The summed E-state index contributed by atoms with van der Waals surface area (Å²) < 4.78 is 26.7. The molecule has 0 aliphatic heterocycles. The van der Waals surface area contributed by atoms with Gasteiger partial charge in [-0.25, -0.2) is 8.42 Å². The quantitative estimate of drug-likeness (QED) is 0.733. The molecule has 0 aliphatic rings. The molecule has 0 spiro atoms. The maximum absolute atomic E-state index is 12.4. The van der Waals surface area contributed by atoms with E-state index in [0.717, 1.165) is 0 Å². The average Bonchev–Trinajstić information content (AvgIpc) is 2.43. The number of fused-ring (bicyclic) bond motifs is 1. The molecule has 0 radical (unpaired) electrons. The third kappa shape index (κ3) is 3.18. The number of nitrogens with zero attached hydrogens (tertiary/aromatic N) is 1. The summed E-state index contributed by atoms with van der Waals surface area (Å²) in [6, 6.07) is 4.52. The highest BCUT2D eigenvalue weighted by Gasteiger charge is 2.30. The summed E-state index contributed by atoms with van der Waals surface area (Å²) in [6.45, 7) is 1.20. The van der Waals surface area contributed by atoms with Crippen molar-refractivity contribution >= 4 is 26.8 Å². The Labute approximate surface area is 121 Å². The predicted octanol–water partition coefficient (Wildman–Crippen LogP) is 0.347. The fourth-order valence-corrected chi connectivity index (χ4v) is 3.41. The molecule has 1 aromatic heterocycles. The third-order valence-electron chi connectivity index (χ3n) is 2.96. The van der Waals surface area contributed by atoms with Gasteiger partial charge in [0.05, 0.1) is 11.0 Å². The van der Waals surface area contributed by atoms with Crippen molar-refractivity contribution in [3.05, 3.63) is 36.7 Å². The minimum absolute atomic E-state index is 0.0608. The van der Waals surface area contributed by atoms with Crippen molar-refractivity contribution in [3.63, 3.8) is 0 Å². The van der Waals surface area contributed by atoms with Crippen LogP contribution in [0.5, 0.6) is 0 Å². The van der Waals surface area contributed by atoms with Gasteiger partial charge in [-0.15, -0.1) is 0 Å². The Morgan fingerprint density at radius 3 is 2.67 bits per heavy atom. The number of benzene rings is 1. The lowest BCUT2D eigenvalue weighted by Crippen LogP contribution is -2.47. The molecule has 0 amide bonds. The van der Waals surface area contributed by atoms with Gasteiger partial charge < -0.3 is 10.2 Å². The molecule has 1 aromatic carbocycles. The number of sulfonamides is 1. The highest BCUT2D eigenvalue weighted by atomic mass is 32.2. The monoisotopic (exact) mass is 310 g/mol. The summed E-state index contributed by atoms with van der Waals surface area (Å²) in [6.07, 6.45) is 1.59.